The van der Waals surface area contributed by atoms with Crippen LogP contribution < -0.4 is 5.32 Å². The first-order valence-electron chi connectivity index (χ1n) is 31.3. The number of amides is 1. The second-order valence-corrected chi connectivity index (χ2v) is 21.5. The Morgan fingerprint density at radius 1 is 0.467 bits per heavy atom. The number of aliphatic hydroxyl groups excluding tert-OH is 5. The summed E-state index contributed by atoms with van der Waals surface area (Å²) in [6.45, 7) is 3.68. The summed E-state index contributed by atoms with van der Waals surface area (Å²) in [4.78, 5) is 13.1. The van der Waals surface area contributed by atoms with Crippen LogP contribution in [0.2, 0.25) is 0 Å². The smallest absolute Gasteiger partial charge is 0.220 e. The van der Waals surface area contributed by atoms with E-state index in [1.54, 1.807) is 6.08 Å². The Labute approximate surface area is 461 Å². The van der Waals surface area contributed by atoms with Gasteiger partial charge >= 0.3 is 0 Å². The van der Waals surface area contributed by atoms with Crippen LogP contribution in [0.1, 0.15) is 271 Å². The van der Waals surface area contributed by atoms with Crippen molar-refractivity contribution < 1.29 is 39.8 Å². The molecule has 7 atom stereocenters. The molecule has 1 aliphatic rings. The Morgan fingerprint density at radius 3 is 1.23 bits per heavy atom. The van der Waals surface area contributed by atoms with Gasteiger partial charge in [0.05, 0.1) is 25.4 Å². The molecule has 1 amide bonds. The highest BCUT2D eigenvalue weighted by molar-refractivity contribution is 5.76. The van der Waals surface area contributed by atoms with Crippen LogP contribution in [0.5, 0.6) is 0 Å². The molecule has 0 bridgehead atoms. The highest BCUT2D eigenvalue weighted by atomic mass is 16.7. The molecule has 0 aliphatic carbocycles. The van der Waals surface area contributed by atoms with E-state index in [0.29, 0.717) is 6.42 Å². The fourth-order valence-corrected chi connectivity index (χ4v) is 9.57. The number of hydrogen-bond acceptors (Lipinski definition) is 8. The zero-order valence-corrected chi connectivity index (χ0v) is 48.3. The summed E-state index contributed by atoms with van der Waals surface area (Å²) >= 11 is 0. The van der Waals surface area contributed by atoms with Crippen molar-refractivity contribution in [2.75, 3.05) is 13.2 Å². The molecular formula is C66H117NO8. The number of allylic oxidation sites excluding steroid dienone is 13. The van der Waals surface area contributed by atoms with Gasteiger partial charge in [-0.1, -0.05) is 279 Å². The van der Waals surface area contributed by atoms with Crippen molar-refractivity contribution in [2.24, 2.45) is 0 Å². The largest absolute Gasteiger partial charge is 0.394 e. The fourth-order valence-electron chi connectivity index (χ4n) is 9.57. The van der Waals surface area contributed by atoms with E-state index in [2.05, 4.69) is 92.1 Å². The molecule has 9 nitrogen and oxygen atoms in total. The number of carbonyl (C=O) groups is 1. The molecule has 1 heterocycles. The lowest BCUT2D eigenvalue weighted by atomic mass is 9.99. The van der Waals surface area contributed by atoms with Crippen LogP contribution in [-0.2, 0) is 14.3 Å². The first kappa shape index (κ1) is 70.4. The van der Waals surface area contributed by atoms with Gasteiger partial charge in [0, 0.05) is 6.42 Å². The van der Waals surface area contributed by atoms with E-state index in [-0.39, 0.29) is 12.5 Å². The number of carbonyl (C=O) groups excluding carboxylic acids is 1. The maximum atomic E-state index is 13.1. The topological polar surface area (TPSA) is 149 Å². The summed E-state index contributed by atoms with van der Waals surface area (Å²) in [5.74, 6) is -0.186. The molecule has 0 saturated carbocycles. The summed E-state index contributed by atoms with van der Waals surface area (Å²) in [5.41, 5.74) is 0. The van der Waals surface area contributed by atoms with E-state index in [9.17, 15) is 30.3 Å². The Balaban J connectivity index is 2.22. The molecule has 1 fully saturated rings. The molecule has 0 spiro atoms. The SMILES string of the molecule is CC/C=C\C/C=C\C/C=C\C/C=C\C/C=C\C/C=C\CCCCCCCCCCC(=O)NC(COC1OC(CO)C(O)C(O)C1O)C(O)/C=C/CCCCCCCCCCCCCCCCCCCCCCCCC. The average Bonchev–Trinajstić information content (AvgIpc) is 3.41. The first-order chi connectivity index (χ1) is 36.8. The zero-order chi connectivity index (χ0) is 54.3. The molecule has 75 heavy (non-hydrogen) atoms. The number of nitrogens with one attached hydrogen (secondary N) is 1. The van der Waals surface area contributed by atoms with Crippen LogP contribution in [0.4, 0.5) is 0 Å². The van der Waals surface area contributed by atoms with Crippen molar-refractivity contribution in [3.05, 3.63) is 85.1 Å². The van der Waals surface area contributed by atoms with Crippen molar-refractivity contribution in [3.8, 4) is 0 Å². The normalized spacial score (nSPS) is 19.5. The quantitative estimate of drug-likeness (QED) is 0.0261. The zero-order valence-electron chi connectivity index (χ0n) is 48.3. The van der Waals surface area contributed by atoms with E-state index >= 15 is 0 Å². The Morgan fingerprint density at radius 2 is 0.827 bits per heavy atom. The monoisotopic (exact) mass is 1050 g/mol. The van der Waals surface area contributed by atoms with Crippen molar-refractivity contribution >= 4 is 5.91 Å². The molecule has 434 valence electrons. The second-order valence-electron chi connectivity index (χ2n) is 21.5. The molecular weight excluding hydrogens is 935 g/mol. The van der Waals surface area contributed by atoms with E-state index < -0.39 is 49.5 Å². The third-order valence-electron chi connectivity index (χ3n) is 14.5. The molecule has 0 aromatic carbocycles. The fraction of sp³-hybridized carbons (Fsp3) is 0.773. The molecule has 1 aliphatic heterocycles. The standard InChI is InChI=1S/C66H117NO8/c1-3-5-7-9-11-13-15-17-19-21-23-25-27-29-30-32-34-36-38-40-42-44-46-48-50-52-54-56-62(70)67-59(58-74-66-65(73)64(72)63(71)61(57-68)75-66)60(69)55-53-51-49-47-45-43-41-39-37-35-33-31-28-26-24-22-20-18-16-14-12-10-8-6-4-2/h5,7,11,13,17,19,23,25,29-30,34,36,53,55,59-61,63-66,68-69,71-73H,3-4,6,8-10,12,14-16,18,20-22,24,26-28,31-33,35,37-52,54,56-58H2,1-2H3,(H,67,70)/b7-5-,13-11-,19-17-,25-23-,30-29-,36-34-,55-53+. The Bertz CT molecular complexity index is 1450. The van der Waals surface area contributed by atoms with Crippen LogP contribution in [0, 0.1) is 0 Å². The van der Waals surface area contributed by atoms with Crippen LogP contribution in [-0.4, -0.2) is 87.5 Å². The Kier molecular flexibility index (Phi) is 51.3. The molecule has 9 heteroatoms. The van der Waals surface area contributed by atoms with E-state index in [4.69, 9.17) is 9.47 Å². The lowest BCUT2D eigenvalue weighted by molar-refractivity contribution is -0.302. The van der Waals surface area contributed by atoms with Gasteiger partial charge in [-0.3, -0.25) is 4.79 Å². The lowest BCUT2D eigenvalue weighted by Crippen LogP contribution is -2.60. The van der Waals surface area contributed by atoms with Gasteiger partial charge < -0.3 is 40.3 Å². The van der Waals surface area contributed by atoms with Crippen molar-refractivity contribution in [3.63, 3.8) is 0 Å². The van der Waals surface area contributed by atoms with Gasteiger partial charge in [0.25, 0.3) is 0 Å². The summed E-state index contributed by atoms with van der Waals surface area (Å²) in [7, 11) is 0. The predicted molar refractivity (Wildman–Crippen MR) is 318 cm³/mol. The van der Waals surface area contributed by atoms with Crippen LogP contribution in [0.15, 0.2) is 85.1 Å². The number of rotatable bonds is 53. The van der Waals surface area contributed by atoms with Crippen molar-refractivity contribution in [1.29, 1.82) is 0 Å². The van der Waals surface area contributed by atoms with Gasteiger partial charge in [0.1, 0.15) is 24.4 Å². The van der Waals surface area contributed by atoms with Gasteiger partial charge in [0.2, 0.25) is 5.91 Å². The summed E-state index contributed by atoms with van der Waals surface area (Å²) in [5, 5.41) is 54.6. The average molecular weight is 1050 g/mol. The van der Waals surface area contributed by atoms with Crippen molar-refractivity contribution in [1.82, 2.24) is 5.32 Å². The molecule has 0 aromatic heterocycles. The Hall–Kier alpha value is -2.63. The minimum absolute atomic E-state index is 0.186. The molecule has 0 aromatic rings. The molecule has 0 radical (unpaired) electrons. The maximum absolute atomic E-state index is 13.1. The molecule has 1 rings (SSSR count). The molecule has 1 saturated heterocycles. The van der Waals surface area contributed by atoms with E-state index in [0.717, 1.165) is 89.9 Å². The third kappa shape index (κ3) is 44.0. The number of hydrogen-bond donors (Lipinski definition) is 6. The van der Waals surface area contributed by atoms with E-state index in [1.165, 1.54) is 161 Å². The lowest BCUT2D eigenvalue weighted by Gasteiger charge is -2.40. The molecule has 7 unspecified atom stereocenters. The summed E-state index contributed by atoms with van der Waals surface area (Å²) in [6, 6.07) is -0.816. The second kappa shape index (κ2) is 54.7. The van der Waals surface area contributed by atoms with Gasteiger partial charge in [-0.05, 0) is 70.6 Å². The van der Waals surface area contributed by atoms with Crippen LogP contribution in [0.25, 0.3) is 0 Å². The minimum atomic E-state index is -1.57. The summed E-state index contributed by atoms with van der Waals surface area (Å²) in [6.07, 6.45) is 70.8. The number of aliphatic hydroxyl groups is 5. The van der Waals surface area contributed by atoms with Gasteiger partial charge in [-0.15, -0.1) is 0 Å². The third-order valence-corrected chi connectivity index (χ3v) is 14.5. The highest BCUT2D eigenvalue weighted by Crippen LogP contribution is 2.23. The highest BCUT2D eigenvalue weighted by Gasteiger charge is 2.44. The van der Waals surface area contributed by atoms with Gasteiger partial charge in [0.15, 0.2) is 6.29 Å². The van der Waals surface area contributed by atoms with E-state index in [1.807, 2.05) is 6.08 Å². The van der Waals surface area contributed by atoms with Crippen LogP contribution in [0.3, 0.4) is 0 Å². The first-order valence-corrected chi connectivity index (χ1v) is 31.3. The van der Waals surface area contributed by atoms with Gasteiger partial charge in [-0.2, -0.15) is 0 Å². The predicted octanol–water partition coefficient (Wildman–Crippen LogP) is 16.2. The van der Waals surface area contributed by atoms with Crippen LogP contribution >= 0.6 is 0 Å². The van der Waals surface area contributed by atoms with Gasteiger partial charge in [-0.25, -0.2) is 0 Å². The summed E-state index contributed by atoms with van der Waals surface area (Å²) < 4.78 is 11.3. The maximum Gasteiger partial charge on any atom is 0.220 e. The minimum Gasteiger partial charge on any atom is -0.394 e. The number of ether oxygens (including phenoxy) is 2. The van der Waals surface area contributed by atoms with Crippen molar-refractivity contribution in [2.45, 2.75) is 314 Å². The molecule has 6 N–H and O–H groups in total. The number of unbranched alkanes of at least 4 members (excludes halogenated alkanes) is 31.